The zero-order valence-corrected chi connectivity index (χ0v) is 28.9. The van der Waals surface area contributed by atoms with Gasteiger partial charge >= 0.3 is 0 Å². The van der Waals surface area contributed by atoms with Gasteiger partial charge in [-0.3, -0.25) is 0 Å². The van der Waals surface area contributed by atoms with Gasteiger partial charge in [0.05, 0.1) is 0 Å². The van der Waals surface area contributed by atoms with Crippen molar-refractivity contribution in [2.24, 2.45) is 0 Å². The maximum Gasteiger partial charge on any atom is 0.164 e. The molecule has 0 bridgehead atoms. The van der Waals surface area contributed by atoms with Gasteiger partial charge in [0, 0.05) is 38.2 Å². The average molecular weight is 692 g/mol. The summed E-state index contributed by atoms with van der Waals surface area (Å²) in [6, 6.07) is 60.5. The van der Waals surface area contributed by atoms with Crippen LogP contribution in [-0.2, 0) is 0 Å². The van der Waals surface area contributed by atoms with Gasteiger partial charge in [-0.15, -0.1) is 0 Å². The minimum Gasteiger partial charge on any atom is -0.456 e. The molecule has 8 aromatic carbocycles. The van der Waals surface area contributed by atoms with E-state index in [0.29, 0.717) is 17.5 Å². The van der Waals surface area contributed by atoms with E-state index in [4.69, 9.17) is 23.8 Å². The fraction of sp³-hybridized carbons (Fsp3) is 0. The Hall–Kier alpha value is -7.37. The number of aromatic nitrogens is 3. The predicted octanol–water partition coefficient (Wildman–Crippen LogP) is 13.2. The first kappa shape index (κ1) is 30.3. The van der Waals surface area contributed by atoms with Gasteiger partial charge in [0.2, 0.25) is 0 Å². The molecule has 0 radical (unpaired) electrons. The molecule has 0 amide bonds. The van der Waals surface area contributed by atoms with Crippen LogP contribution in [0.25, 0.3) is 111 Å². The van der Waals surface area contributed by atoms with Gasteiger partial charge in [-0.05, 0) is 75.5 Å². The lowest BCUT2D eigenvalue weighted by atomic mass is 9.93. The standard InChI is InChI=1S/C49H29N3O2/c1-3-11-31(12-4-1)40-26-37(29-45-46(40)41-25-34-15-7-8-16-35(34)27-44(41)54-45)30-19-21-33(22-20-30)48-50-47(32-13-5-2-6-14-32)51-49(52-48)36-23-24-39-38-17-9-10-18-42(38)53-43(39)28-36/h1-29H. The second-order valence-electron chi connectivity index (χ2n) is 13.6. The third-order valence-corrected chi connectivity index (χ3v) is 10.3. The topological polar surface area (TPSA) is 65.0 Å². The van der Waals surface area contributed by atoms with Gasteiger partial charge in [-0.2, -0.15) is 0 Å². The maximum atomic E-state index is 6.60. The molecule has 0 N–H and O–H groups in total. The summed E-state index contributed by atoms with van der Waals surface area (Å²) in [6.45, 7) is 0. The van der Waals surface area contributed by atoms with Crippen molar-refractivity contribution in [1.29, 1.82) is 0 Å². The Morgan fingerprint density at radius 2 is 0.815 bits per heavy atom. The van der Waals surface area contributed by atoms with E-state index >= 15 is 0 Å². The fourth-order valence-corrected chi connectivity index (χ4v) is 7.63. The zero-order chi connectivity index (χ0) is 35.6. The maximum absolute atomic E-state index is 6.60. The predicted molar refractivity (Wildman–Crippen MR) is 219 cm³/mol. The molecule has 0 saturated carbocycles. The van der Waals surface area contributed by atoms with E-state index in [1.54, 1.807) is 0 Å². The number of furan rings is 2. The highest BCUT2D eigenvalue weighted by Gasteiger charge is 2.18. The van der Waals surface area contributed by atoms with Crippen molar-refractivity contribution in [1.82, 2.24) is 15.0 Å². The SMILES string of the molecule is c1ccc(-c2nc(-c3ccc(-c4cc(-c5ccccc5)c5c(c4)oc4cc6ccccc6cc45)cc3)nc(-c3ccc4c(c3)oc3ccccc34)n2)cc1. The summed E-state index contributed by atoms with van der Waals surface area (Å²) in [6.07, 6.45) is 0. The summed E-state index contributed by atoms with van der Waals surface area (Å²) in [4.78, 5) is 15.0. The van der Waals surface area contributed by atoms with Crippen LogP contribution >= 0.6 is 0 Å². The monoisotopic (exact) mass is 691 g/mol. The van der Waals surface area contributed by atoms with Gasteiger partial charge in [-0.25, -0.2) is 15.0 Å². The van der Waals surface area contributed by atoms with E-state index in [0.717, 1.165) is 88.2 Å². The Morgan fingerprint density at radius 1 is 0.296 bits per heavy atom. The first-order valence-electron chi connectivity index (χ1n) is 18.0. The molecule has 0 aliphatic rings. The van der Waals surface area contributed by atoms with E-state index < -0.39 is 0 Å². The van der Waals surface area contributed by atoms with Gasteiger partial charge in [0.15, 0.2) is 17.5 Å². The smallest absolute Gasteiger partial charge is 0.164 e. The highest BCUT2D eigenvalue weighted by molar-refractivity contribution is 6.16. The van der Waals surface area contributed by atoms with Crippen LogP contribution in [0.15, 0.2) is 185 Å². The normalized spacial score (nSPS) is 11.7. The molecule has 0 aliphatic carbocycles. The fourth-order valence-electron chi connectivity index (χ4n) is 7.63. The van der Waals surface area contributed by atoms with Crippen LogP contribution in [0.5, 0.6) is 0 Å². The second kappa shape index (κ2) is 12.1. The Balaban J connectivity index is 1.03. The lowest BCUT2D eigenvalue weighted by Gasteiger charge is -2.11. The van der Waals surface area contributed by atoms with Crippen molar-refractivity contribution >= 4 is 54.6 Å². The number of hydrogen-bond donors (Lipinski definition) is 0. The molecular weight excluding hydrogens is 663 g/mol. The van der Waals surface area contributed by atoms with Crippen LogP contribution in [0.4, 0.5) is 0 Å². The first-order valence-corrected chi connectivity index (χ1v) is 18.0. The molecule has 0 aliphatic heterocycles. The molecule has 11 aromatic rings. The highest BCUT2D eigenvalue weighted by Crippen LogP contribution is 2.41. The van der Waals surface area contributed by atoms with E-state index in [2.05, 4.69) is 121 Å². The largest absolute Gasteiger partial charge is 0.456 e. The van der Waals surface area contributed by atoms with Crippen molar-refractivity contribution in [3.05, 3.63) is 176 Å². The van der Waals surface area contributed by atoms with Gasteiger partial charge < -0.3 is 8.83 Å². The van der Waals surface area contributed by atoms with Crippen molar-refractivity contribution in [3.8, 4) is 56.4 Å². The number of nitrogens with zero attached hydrogens (tertiary/aromatic N) is 3. The van der Waals surface area contributed by atoms with Crippen molar-refractivity contribution in [2.45, 2.75) is 0 Å². The van der Waals surface area contributed by atoms with Crippen molar-refractivity contribution in [3.63, 3.8) is 0 Å². The van der Waals surface area contributed by atoms with E-state index in [1.165, 1.54) is 5.39 Å². The van der Waals surface area contributed by atoms with E-state index in [1.807, 2.05) is 54.6 Å². The van der Waals surface area contributed by atoms with Gasteiger partial charge in [0.25, 0.3) is 0 Å². The molecular formula is C49H29N3O2. The Labute approximate surface area is 309 Å². The third kappa shape index (κ3) is 5.06. The molecule has 0 fully saturated rings. The average Bonchev–Trinajstić information content (AvgIpc) is 3.80. The summed E-state index contributed by atoms with van der Waals surface area (Å²) in [5, 5.41) is 6.74. The first-order chi connectivity index (χ1) is 26.7. The Morgan fingerprint density at radius 3 is 1.57 bits per heavy atom. The number of para-hydroxylation sites is 1. The molecule has 0 atom stereocenters. The van der Waals surface area contributed by atoms with Crippen LogP contribution in [0.2, 0.25) is 0 Å². The van der Waals surface area contributed by atoms with Crippen LogP contribution < -0.4 is 0 Å². The lowest BCUT2D eigenvalue weighted by molar-refractivity contribution is 0.669. The number of fused-ring (bicyclic) bond motifs is 7. The molecule has 11 rings (SSSR count). The minimum absolute atomic E-state index is 0.584. The molecule has 252 valence electrons. The molecule has 3 heterocycles. The molecule has 54 heavy (non-hydrogen) atoms. The molecule has 5 nitrogen and oxygen atoms in total. The second-order valence-corrected chi connectivity index (χ2v) is 13.6. The Kier molecular flexibility index (Phi) is 6.79. The van der Waals surface area contributed by atoms with Crippen LogP contribution in [0.3, 0.4) is 0 Å². The van der Waals surface area contributed by atoms with E-state index in [-0.39, 0.29) is 0 Å². The van der Waals surface area contributed by atoms with Gasteiger partial charge in [0.1, 0.15) is 22.3 Å². The lowest BCUT2D eigenvalue weighted by Crippen LogP contribution is -2.00. The molecule has 0 saturated heterocycles. The van der Waals surface area contributed by atoms with Crippen molar-refractivity contribution in [2.75, 3.05) is 0 Å². The third-order valence-electron chi connectivity index (χ3n) is 10.3. The van der Waals surface area contributed by atoms with Crippen LogP contribution in [0, 0.1) is 0 Å². The van der Waals surface area contributed by atoms with E-state index in [9.17, 15) is 0 Å². The van der Waals surface area contributed by atoms with Crippen LogP contribution in [-0.4, -0.2) is 15.0 Å². The van der Waals surface area contributed by atoms with Gasteiger partial charge in [-0.1, -0.05) is 133 Å². The molecule has 5 heteroatoms. The molecule has 0 spiro atoms. The van der Waals surface area contributed by atoms with Crippen molar-refractivity contribution < 1.29 is 8.83 Å². The zero-order valence-electron chi connectivity index (χ0n) is 28.9. The summed E-state index contributed by atoms with van der Waals surface area (Å²) in [7, 11) is 0. The summed E-state index contributed by atoms with van der Waals surface area (Å²) in [5.74, 6) is 1.79. The highest BCUT2D eigenvalue weighted by atomic mass is 16.3. The number of benzene rings is 8. The summed E-state index contributed by atoms with van der Waals surface area (Å²) in [5.41, 5.74) is 10.5. The van der Waals surface area contributed by atoms with Crippen LogP contribution in [0.1, 0.15) is 0 Å². The Bertz CT molecular complexity index is 3200. The minimum atomic E-state index is 0.584. The number of hydrogen-bond acceptors (Lipinski definition) is 5. The number of rotatable bonds is 5. The molecule has 3 aromatic heterocycles. The summed E-state index contributed by atoms with van der Waals surface area (Å²) < 4.78 is 12.8. The molecule has 0 unspecified atom stereocenters. The summed E-state index contributed by atoms with van der Waals surface area (Å²) >= 11 is 0. The quantitative estimate of drug-likeness (QED) is 0.180.